The van der Waals surface area contributed by atoms with Crippen molar-refractivity contribution in [3.63, 3.8) is 0 Å². The first-order valence-corrected chi connectivity index (χ1v) is 8.17. The maximum absolute atomic E-state index is 11.8. The minimum Gasteiger partial charge on any atom is -0.426 e. The number of esters is 1. The van der Waals surface area contributed by atoms with Crippen LogP contribution in [0.1, 0.15) is 40.0 Å². The number of hydrogen-bond donors (Lipinski definition) is 1. The van der Waals surface area contributed by atoms with Gasteiger partial charge in [0, 0.05) is 30.6 Å². The van der Waals surface area contributed by atoms with E-state index in [9.17, 15) is 14.4 Å². The number of nitrogens with zero attached hydrogens (tertiary/aromatic N) is 1. The van der Waals surface area contributed by atoms with Crippen molar-refractivity contribution in [1.29, 1.82) is 0 Å². The van der Waals surface area contributed by atoms with E-state index in [2.05, 4.69) is 5.32 Å². The van der Waals surface area contributed by atoms with Gasteiger partial charge in [0.05, 0.1) is 6.42 Å². The molecule has 1 aliphatic heterocycles. The van der Waals surface area contributed by atoms with Crippen LogP contribution in [0.3, 0.4) is 0 Å². The van der Waals surface area contributed by atoms with Gasteiger partial charge in [-0.1, -0.05) is 20.8 Å². The third-order valence-electron chi connectivity index (χ3n) is 3.75. The summed E-state index contributed by atoms with van der Waals surface area (Å²) in [4.78, 5) is 36.9. The van der Waals surface area contributed by atoms with Crippen LogP contribution in [0, 0.1) is 5.41 Å². The molecule has 6 heteroatoms. The minimum absolute atomic E-state index is 0.102. The fourth-order valence-electron chi connectivity index (χ4n) is 2.34. The van der Waals surface area contributed by atoms with Crippen molar-refractivity contribution < 1.29 is 19.1 Å². The molecule has 1 fully saturated rings. The van der Waals surface area contributed by atoms with Crippen molar-refractivity contribution in [1.82, 2.24) is 5.32 Å². The topological polar surface area (TPSA) is 75.7 Å². The van der Waals surface area contributed by atoms with Crippen LogP contribution in [-0.2, 0) is 14.4 Å². The van der Waals surface area contributed by atoms with Crippen molar-refractivity contribution in [3.05, 3.63) is 24.3 Å². The fraction of sp³-hybridized carbons (Fsp3) is 0.500. The van der Waals surface area contributed by atoms with Gasteiger partial charge in [-0.15, -0.1) is 0 Å². The van der Waals surface area contributed by atoms with E-state index in [1.807, 2.05) is 20.8 Å². The second kappa shape index (κ2) is 7.47. The number of ether oxygens (including phenoxy) is 1. The molecule has 1 saturated heterocycles. The second-order valence-electron chi connectivity index (χ2n) is 6.87. The molecule has 2 amide bonds. The predicted molar refractivity (Wildman–Crippen MR) is 90.7 cm³/mol. The highest BCUT2D eigenvalue weighted by atomic mass is 16.5. The van der Waals surface area contributed by atoms with Crippen LogP contribution in [-0.4, -0.2) is 30.9 Å². The van der Waals surface area contributed by atoms with Crippen LogP contribution in [0.25, 0.3) is 0 Å². The van der Waals surface area contributed by atoms with E-state index in [1.54, 1.807) is 29.2 Å². The smallest absolute Gasteiger partial charge is 0.312 e. The summed E-state index contributed by atoms with van der Waals surface area (Å²) < 4.78 is 5.23. The highest BCUT2D eigenvalue weighted by molar-refractivity contribution is 5.95. The third-order valence-corrected chi connectivity index (χ3v) is 3.75. The number of carbonyl (C=O) groups excluding carboxylic acids is 3. The van der Waals surface area contributed by atoms with Gasteiger partial charge in [-0.25, -0.2) is 0 Å². The van der Waals surface area contributed by atoms with Crippen LogP contribution in [0.4, 0.5) is 5.69 Å². The largest absolute Gasteiger partial charge is 0.426 e. The highest BCUT2D eigenvalue weighted by Crippen LogP contribution is 2.24. The number of benzene rings is 1. The Morgan fingerprint density at radius 1 is 1.21 bits per heavy atom. The summed E-state index contributed by atoms with van der Waals surface area (Å²) in [5.74, 6) is 0.0380. The zero-order chi connectivity index (χ0) is 17.7. The summed E-state index contributed by atoms with van der Waals surface area (Å²) in [5, 5.41) is 2.71. The monoisotopic (exact) mass is 332 g/mol. The number of amides is 2. The highest BCUT2D eigenvalue weighted by Gasteiger charge is 2.22. The molecule has 1 heterocycles. The number of anilines is 1. The summed E-state index contributed by atoms with van der Waals surface area (Å²) in [5.41, 5.74) is 0.335. The first kappa shape index (κ1) is 18.0. The summed E-state index contributed by atoms with van der Waals surface area (Å²) in [6.07, 6.45) is 1.56. The average molecular weight is 332 g/mol. The lowest BCUT2D eigenvalue weighted by atomic mass is 9.96. The fourth-order valence-corrected chi connectivity index (χ4v) is 2.34. The first-order valence-electron chi connectivity index (χ1n) is 8.17. The maximum atomic E-state index is 11.8. The molecule has 0 spiro atoms. The maximum Gasteiger partial charge on any atom is 0.312 e. The van der Waals surface area contributed by atoms with Crippen LogP contribution in [0.2, 0.25) is 0 Å². The minimum atomic E-state index is -0.479. The lowest BCUT2D eigenvalue weighted by Gasteiger charge is -2.17. The Hall–Kier alpha value is -2.37. The molecule has 0 atom stereocenters. The molecular formula is C18H24N2O4. The molecule has 0 bridgehead atoms. The van der Waals surface area contributed by atoms with E-state index >= 15 is 0 Å². The molecule has 0 aliphatic carbocycles. The van der Waals surface area contributed by atoms with Gasteiger partial charge in [-0.3, -0.25) is 14.4 Å². The van der Waals surface area contributed by atoms with E-state index in [0.717, 1.165) is 18.7 Å². The third kappa shape index (κ3) is 4.81. The number of hydrogen-bond acceptors (Lipinski definition) is 4. The quantitative estimate of drug-likeness (QED) is 0.663. The Balaban J connectivity index is 1.80. The molecule has 130 valence electrons. The van der Waals surface area contributed by atoms with Gasteiger partial charge in [-0.05, 0) is 30.7 Å². The lowest BCUT2D eigenvalue weighted by molar-refractivity contribution is -0.134. The Labute approximate surface area is 142 Å². The second-order valence-corrected chi connectivity index (χ2v) is 6.87. The van der Waals surface area contributed by atoms with Gasteiger partial charge >= 0.3 is 5.97 Å². The summed E-state index contributed by atoms with van der Waals surface area (Å²) in [6, 6.07) is 6.89. The number of carbonyl (C=O) groups is 3. The van der Waals surface area contributed by atoms with Crippen molar-refractivity contribution >= 4 is 23.5 Å². The van der Waals surface area contributed by atoms with E-state index in [1.165, 1.54) is 0 Å². The van der Waals surface area contributed by atoms with Gasteiger partial charge in [0.15, 0.2) is 0 Å². The van der Waals surface area contributed by atoms with Crippen molar-refractivity contribution in [3.8, 4) is 5.75 Å². The molecular weight excluding hydrogens is 308 g/mol. The summed E-state index contributed by atoms with van der Waals surface area (Å²) in [7, 11) is 0. The van der Waals surface area contributed by atoms with Gasteiger partial charge in [0.1, 0.15) is 5.75 Å². The molecule has 2 rings (SSSR count). The molecule has 0 saturated carbocycles. The first-order chi connectivity index (χ1) is 11.3. The number of rotatable bonds is 5. The Kier molecular flexibility index (Phi) is 5.59. The van der Waals surface area contributed by atoms with Crippen LogP contribution < -0.4 is 15.0 Å². The Bertz CT molecular complexity index is 617. The molecule has 1 aliphatic rings. The predicted octanol–water partition coefficient (Wildman–Crippen LogP) is 2.27. The van der Waals surface area contributed by atoms with Crippen molar-refractivity contribution in [2.24, 2.45) is 5.41 Å². The summed E-state index contributed by atoms with van der Waals surface area (Å²) >= 11 is 0. The molecule has 1 aromatic rings. The van der Waals surface area contributed by atoms with Crippen LogP contribution in [0.5, 0.6) is 5.75 Å². The molecule has 1 aromatic carbocycles. The lowest BCUT2D eigenvalue weighted by Crippen LogP contribution is -2.36. The standard InChI is InChI=1S/C18H24N2O4/c1-18(2,3)17(23)19-11-10-16(22)24-14-8-6-13(7-9-14)20-12-4-5-15(20)21/h6-9H,4-5,10-12H2,1-3H3,(H,19,23). The molecule has 24 heavy (non-hydrogen) atoms. The normalized spacial score (nSPS) is 14.6. The van der Waals surface area contributed by atoms with Gasteiger partial charge in [0.25, 0.3) is 0 Å². The molecule has 0 unspecified atom stereocenters. The Morgan fingerprint density at radius 3 is 2.42 bits per heavy atom. The molecule has 6 nitrogen and oxygen atoms in total. The van der Waals surface area contributed by atoms with Crippen molar-refractivity contribution in [2.45, 2.75) is 40.0 Å². The van der Waals surface area contributed by atoms with Gasteiger partial charge in [-0.2, -0.15) is 0 Å². The zero-order valence-corrected chi connectivity index (χ0v) is 14.4. The van der Waals surface area contributed by atoms with E-state index in [4.69, 9.17) is 4.74 Å². The molecule has 0 radical (unpaired) electrons. The van der Waals surface area contributed by atoms with Crippen LogP contribution >= 0.6 is 0 Å². The van der Waals surface area contributed by atoms with Crippen LogP contribution in [0.15, 0.2) is 24.3 Å². The number of nitrogens with one attached hydrogen (secondary N) is 1. The van der Waals surface area contributed by atoms with Crippen molar-refractivity contribution in [2.75, 3.05) is 18.0 Å². The molecule has 1 N–H and O–H groups in total. The Morgan fingerprint density at radius 2 is 1.88 bits per heavy atom. The van der Waals surface area contributed by atoms with Gasteiger partial charge < -0.3 is 15.0 Å². The van der Waals surface area contributed by atoms with E-state index in [-0.39, 0.29) is 24.8 Å². The SMILES string of the molecule is CC(C)(C)C(=O)NCCC(=O)Oc1ccc(N2CCCC2=O)cc1. The molecule has 0 aromatic heterocycles. The average Bonchev–Trinajstić information content (AvgIpc) is 2.93. The van der Waals surface area contributed by atoms with E-state index < -0.39 is 11.4 Å². The van der Waals surface area contributed by atoms with Gasteiger partial charge in [0.2, 0.25) is 11.8 Å². The van der Waals surface area contributed by atoms with E-state index in [0.29, 0.717) is 12.2 Å². The summed E-state index contributed by atoms with van der Waals surface area (Å²) in [6.45, 7) is 6.41. The zero-order valence-electron chi connectivity index (χ0n) is 14.4.